The van der Waals surface area contributed by atoms with Crippen LogP contribution in [0, 0.1) is 0 Å². The van der Waals surface area contributed by atoms with E-state index in [2.05, 4.69) is 0 Å². The fraction of sp³-hybridized carbons (Fsp3) is 0.200. The highest BCUT2D eigenvalue weighted by atomic mass is 16.5. The highest BCUT2D eigenvalue weighted by Gasteiger charge is 2.14. The zero-order valence-electron chi connectivity index (χ0n) is 10.4. The molecule has 1 aromatic carbocycles. The minimum atomic E-state index is -0.260. The Morgan fingerprint density at radius 3 is 2.56 bits per heavy atom. The molecule has 0 saturated carbocycles. The van der Waals surface area contributed by atoms with Crippen LogP contribution in [-0.4, -0.2) is 12.6 Å². The van der Waals surface area contributed by atoms with E-state index >= 15 is 0 Å². The minimum absolute atomic E-state index is 0.260. The Morgan fingerprint density at radius 2 is 1.83 bits per heavy atom. The summed E-state index contributed by atoms with van der Waals surface area (Å²) < 4.78 is 7.08. The molecule has 0 saturated heterocycles. The van der Waals surface area contributed by atoms with Gasteiger partial charge in [-0.15, -0.1) is 0 Å². The lowest BCUT2D eigenvalue weighted by Crippen LogP contribution is -2.33. The lowest BCUT2D eigenvalue weighted by molar-refractivity contribution is -0.688. The van der Waals surface area contributed by atoms with Gasteiger partial charge in [0.2, 0.25) is 0 Å². The number of rotatable bonds is 4. The summed E-state index contributed by atoms with van der Waals surface area (Å²) in [6.45, 7) is 2.87. The van der Waals surface area contributed by atoms with Crippen molar-refractivity contribution in [3.63, 3.8) is 0 Å². The molecular weight excluding hydrogens is 226 g/mol. The van der Waals surface area contributed by atoms with Gasteiger partial charge in [0.05, 0.1) is 12.2 Å². The lowest BCUT2D eigenvalue weighted by atomic mass is 10.1. The number of esters is 1. The van der Waals surface area contributed by atoms with E-state index in [1.54, 1.807) is 6.07 Å². The third kappa shape index (κ3) is 2.94. The van der Waals surface area contributed by atoms with Crippen LogP contribution in [0.5, 0.6) is 0 Å². The number of carbonyl (C=O) groups is 1. The molecule has 0 aliphatic heterocycles. The Balaban J connectivity index is 2.25. The Labute approximate surface area is 107 Å². The van der Waals surface area contributed by atoms with E-state index in [0.717, 1.165) is 5.56 Å². The first kappa shape index (κ1) is 12.3. The maximum absolute atomic E-state index is 11.8. The summed E-state index contributed by atoms with van der Waals surface area (Å²) in [6, 6.07) is 13.4. The molecule has 3 heteroatoms. The summed E-state index contributed by atoms with van der Waals surface area (Å²) in [6.07, 6.45) is 3.95. The van der Waals surface area contributed by atoms with Gasteiger partial charge in [-0.2, -0.15) is 0 Å². The summed E-state index contributed by atoms with van der Waals surface area (Å²) >= 11 is 0. The Hall–Kier alpha value is -2.16. The Kier molecular flexibility index (Phi) is 4.07. The van der Waals surface area contributed by atoms with Crippen LogP contribution in [0.4, 0.5) is 0 Å². The first-order chi connectivity index (χ1) is 8.81. The number of ether oxygens (including phenoxy) is 1. The second-order valence-electron chi connectivity index (χ2n) is 3.93. The zero-order chi connectivity index (χ0) is 12.8. The average molecular weight is 242 g/mol. The fourth-order valence-electron chi connectivity index (χ4n) is 1.80. The van der Waals surface area contributed by atoms with Gasteiger partial charge in [0.1, 0.15) is 0 Å². The molecule has 2 rings (SSSR count). The fourth-order valence-corrected chi connectivity index (χ4v) is 1.80. The molecular formula is C15H16NO2+. The van der Waals surface area contributed by atoms with Gasteiger partial charge in [-0.25, -0.2) is 9.36 Å². The summed E-state index contributed by atoms with van der Waals surface area (Å²) in [5, 5.41) is 0. The topological polar surface area (TPSA) is 30.2 Å². The van der Waals surface area contributed by atoms with Gasteiger partial charge in [0.25, 0.3) is 0 Å². The van der Waals surface area contributed by atoms with Crippen LogP contribution in [0.25, 0.3) is 0 Å². The van der Waals surface area contributed by atoms with Gasteiger partial charge in [-0.05, 0) is 13.0 Å². The third-order valence-electron chi connectivity index (χ3n) is 2.64. The van der Waals surface area contributed by atoms with Crippen molar-refractivity contribution < 1.29 is 14.1 Å². The molecule has 0 amide bonds. The van der Waals surface area contributed by atoms with Crippen LogP contribution in [-0.2, 0) is 11.3 Å². The molecule has 0 unspecified atom stereocenters. The first-order valence-corrected chi connectivity index (χ1v) is 6.00. The lowest BCUT2D eigenvalue weighted by Gasteiger charge is -2.06. The van der Waals surface area contributed by atoms with Gasteiger partial charge >= 0.3 is 5.97 Å². The van der Waals surface area contributed by atoms with E-state index in [0.29, 0.717) is 18.7 Å². The highest BCUT2D eigenvalue weighted by Crippen LogP contribution is 2.10. The number of aromatic nitrogens is 1. The van der Waals surface area contributed by atoms with Gasteiger partial charge < -0.3 is 4.74 Å². The van der Waals surface area contributed by atoms with E-state index in [4.69, 9.17) is 4.74 Å². The van der Waals surface area contributed by atoms with Gasteiger partial charge in [0, 0.05) is 17.7 Å². The SMILES string of the molecule is CCOC(=O)c1ccccc1C[n+]1ccccc1. The normalized spacial score (nSPS) is 10.1. The standard InChI is InChI=1S/C15H16NO2/c1-2-18-15(17)14-9-5-4-8-13(14)12-16-10-6-3-7-11-16/h3-11H,2,12H2,1H3/q+1. The van der Waals surface area contributed by atoms with Gasteiger partial charge in [-0.1, -0.05) is 24.3 Å². The number of benzene rings is 1. The van der Waals surface area contributed by atoms with Crippen LogP contribution >= 0.6 is 0 Å². The molecule has 0 aliphatic carbocycles. The first-order valence-electron chi connectivity index (χ1n) is 6.00. The third-order valence-corrected chi connectivity index (χ3v) is 2.64. The van der Waals surface area contributed by atoms with Crippen molar-refractivity contribution in [2.45, 2.75) is 13.5 Å². The van der Waals surface area contributed by atoms with Crippen LogP contribution in [0.2, 0.25) is 0 Å². The molecule has 0 spiro atoms. The number of hydrogen-bond acceptors (Lipinski definition) is 2. The molecule has 18 heavy (non-hydrogen) atoms. The molecule has 0 radical (unpaired) electrons. The molecule has 0 bridgehead atoms. The van der Waals surface area contributed by atoms with Gasteiger partial charge in [0.15, 0.2) is 18.9 Å². The van der Waals surface area contributed by atoms with Crippen molar-refractivity contribution in [2.75, 3.05) is 6.61 Å². The molecule has 0 fully saturated rings. The van der Waals surface area contributed by atoms with E-state index < -0.39 is 0 Å². The monoisotopic (exact) mass is 242 g/mol. The largest absolute Gasteiger partial charge is 0.462 e. The summed E-state index contributed by atoms with van der Waals surface area (Å²) in [5.74, 6) is -0.260. The average Bonchev–Trinajstić information content (AvgIpc) is 2.41. The molecule has 0 aliphatic rings. The van der Waals surface area contributed by atoms with E-state index in [9.17, 15) is 4.79 Å². The second kappa shape index (κ2) is 5.96. The molecule has 0 atom stereocenters. The van der Waals surface area contributed by atoms with Crippen molar-refractivity contribution in [3.8, 4) is 0 Å². The predicted molar refractivity (Wildman–Crippen MR) is 68.1 cm³/mol. The molecule has 2 aromatic rings. The molecule has 0 N–H and O–H groups in total. The molecule has 92 valence electrons. The van der Waals surface area contributed by atoms with Crippen molar-refractivity contribution in [2.24, 2.45) is 0 Å². The molecule has 1 aromatic heterocycles. The van der Waals surface area contributed by atoms with Crippen LogP contribution < -0.4 is 4.57 Å². The van der Waals surface area contributed by atoms with Crippen molar-refractivity contribution in [1.29, 1.82) is 0 Å². The highest BCUT2D eigenvalue weighted by molar-refractivity contribution is 5.91. The Morgan fingerprint density at radius 1 is 1.11 bits per heavy atom. The minimum Gasteiger partial charge on any atom is -0.462 e. The number of hydrogen-bond donors (Lipinski definition) is 0. The summed E-state index contributed by atoms with van der Waals surface area (Å²) in [5.41, 5.74) is 1.60. The molecule has 3 nitrogen and oxygen atoms in total. The second-order valence-corrected chi connectivity index (χ2v) is 3.93. The van der Waals surface area contributed by atoms with E-state index in [1.165, 1.54) is 0 Å². The van der Waals surface area contributed by atoms with Crippen molar-refractivity contribution >= 4 is 5.97 Å². The van der Waals surface area contributed by atoms with Crippen LogP contribution in [0.15, 0.2) is 54.9 Å². The zero-order valence-corrected chi connectivity index (χ0v) is 10.4. The van der Waals surface area contributed by atoms with Crippen molar-refractivity contribution in [1.82, 2.24) is 0 Å². The maximum Gasteiger partial charge on any atom is 0.338 e. The smallest absolute Gasteiger partial charge is 0.338 e. The number of nitrogens with zero attached hydrogens (tertiary/aromatic N) is 1. The molecule has 1 heterocycles. The summed E-state index contributed by atoms with van der Waals surface area (Å²) in [4.78, 5) is 11.8. The van der Waals surface area contributed by atoms with Gasteiger partial charge in [-0.3, -0.25) is 0 Å². The van der Waals surface area contributed by atoms with Crippen LogP contribution in [0.1, 0.15) is 22.8 Å². The van der Waals surface area contributed by atoms with Crippen molar-refractivity contribution in [3.05, 3.63) is 66.0 Å². The van der Waals surface area contributed by atoms with E-state index in [-0.39, 0.29) is 5.97 Å². The number of pyridine rings is 1. The quantitative estimate of drug-likeness (QED) is 0.607. The predicted octanol–water partition coefficient (Wildman–Crippen LogP) is 2.20. The maximum atomic E-state index is 11.8. The Bertz CT molecular complexity index is 523. The van der Waals surface area contributed by atoms with Crippen LogP contribution in [0.3, 0.4) is 0 Å². The number of carbonyl (C=O) groups excluding carboxylic acids is 1. The summed E-state index contributed by atoms with van der Waals surface area (Å²) in [7, 11) is 0. The van der Waals surface area contributed by atoms with E-state index in [1.807, 2.05) is 60.3 Å².